The Balaban J connectivity index is 2.31. The van der Waals surface area contributed by atoms with E-state index in [0.717, 1.165) is 11.1 Å². The molecule has 0 saturated carbocycles. The van der Waals surface area contributed by atoms with E-state index in [9.17, 15) is 4.57 Å². The monoisotopic (exact) mass is 298 g/mol. The third-order valence-electron chi connectivity index (χ3n) is 2.82. The van der Waals surface area contributed by atoms with Crippen molar-refractivity contribution in [1.82, 2.24) is 0 Å². The molecule has 94 valence electrons. The summed E-state index contributed by atoms with van der Waals surface area (Å²) >= 11 is 11.8. The van der Waals surface area contributed by atoms with E-state index in [2.05, 4.69) is 0 Å². The fraction of sp³-hybridized carbons (Fsp3) is 0.143. The molecule has 18 heavy (non-hydrogen) atoms. The predicted octanol–water partition coefficient (Wildman–Crippen LogP) is 5.64. The van der Waals surface area contributed by atoms with E-state index in [1.165, 1.54) is 0 Å². The van der Waals surface area contributed by atoms with Gasteiger partial charge >= 0.3 is 0 Å². The van der Waals surface area contributed by atoms with Crippen molar-refractivity contribution in [2.45, 2.75) is 12.1 Å². The van der Waals surface area contributed by atoms with Gasteiger partial charge in [-0.25, -0.2) is 0 Å². The largest absolute Gasteiger partial charge is 0.289 e. The van der Waals surface area contributed by atoms with Crippen LogP contribution in [0.25, 0.3) is 0 Å². The smallest absolute Gasteiger partial charge is 0.260 e. The van der Waals surface area contributed by atoms with Gasteiger partial charge in [0.25, 0.3) is 5.85 Å². The number of halogens is 2. The Labute approximate surface area is 117 Å². The van der Waals surface area contributed by atoms with Gasteiger partial charge in [0, 0.05) is 0 Å². The molecule has 4 heteroatoms. The molecule has 0 N–H and O–H groups in total. The molecule has 0 radical (unpaired) electrons. The van der Waals surface area contributed by atoms with Crippen LogP contribution in [0.15, 0.2) is 60.7 Å². The Morgan fingerprint density at radius 2 is 1.39 bits per heavy atom. The zero-order valence-electron chi connectivity index (χ0n) is 9.67. The molecule has 0 fully saturated rings. The molecule has 0 spiro atoms. The average Bonchev–Trinajstić information content (AvgIpc) is 2.37. The van der Waals surface area contributed by atoms with Crippen LogP contribution in [0.3, 0.4) is 0 Å². The minimum atomic E-state index is -3.22. The lowest BCUT2D eigenvalue weighted by molar-refractivity contribution is 0.584. The lowest BCUT2D eigenvalue weighted by Crippen LogP contribution is -1.99. The van der Waals surface area contributed by atoms with Crippen LogP contribution in [0.4, 0.5) is 0 Å². The summed E-state index contributed by atoms with van der Waals surface area (Å²) in [6.45, 7) is 0. The Morgan fingerprint density at radius 1 is 0.889 bits per heavy atom. The summed E-state index contributed by atoms with van der Waals surface area (Å²) in [5.74, 6) is -3.22. The highest BCUT2D eigenvalue weighted by Gasteiger charge is 2.30. The van der Waals surface area contributed by atoms with Crippen molar-refractivity contribution in [3.05, 3.63) is 71.8 Å². The second-order valence-corrected chi connectivity index (χ2v) is 9.28. The predicted molar refractivity (Wildman–Crippen MR) is 78.6 cm³/mol. The van der Waals surface area contributed by atoms with Gasteiger partial charge in [-0.1, -0.05) is 60.7 Å². The molecule has 0 aliphatic heterocycles. The number of hydrogen-bond acceptors (Lipinski definition) is 1. The molecule has 2 rings (SSSR count). The lowest BCUT2D eigenvalue weighted by atomic mass is 10.0. The zero-order valence-corrected chi connectivity index (χ0v) is 12.1. The van der Waals surface area contributed by atoms with Crippen molar-refractivity contribution in [3.8, 4) is 0 Å². The normalized spacial score (nSPS) is 13.2. The van der Waals surface area contributed by atoms with Crippen molar-refractivity contribution in [2.75, 3.05) is 0 Å². The SMILES string of the molecule is O=P(Cl)(Cl)C(Cc1ccccc1)c1ccccc1. The van der Waals surface area contributed by atoms with Gasteiger partial charge in [0.15, 0.2) is 0 Å². The molecular weight excluding hydrogens is 286 g/mol. The molecule has 1 atom stereocenters. The maximum atomic E-state index is 12.1. The molecule has 0 bridgehead atoms. The molecule has 2 aromatic carbocycles. The van der Waals surface area contributed by atoms with Crippen LogP contribution in [0.2, 0.25) is 0 Å². The summed E-state index contributed by atoms with van der Waals surface area (Å²) in [7, 11) is 0. The molecule has 1 nitrogen and oxygen atoms in total. The van der Waals surface area contributed by atoms with Gasteiger partial charge in [-0.3, -0.25) is 4.57 Å². The van der Waals surface area contributed by atoms with Crippen molar-refractivity contribution in [2.24, 2.45) is 0 Å². The van der Waals surface area contributed by atoms with Crippen molar-refractivity contribution in [3.63, 3.8) is 0 Å². The maximum Gasteiger partial charge on any atom is 0.260 e. The third kappa shape index (κ3) is 3.62. The first-order valence-electron chi connectivity index (χ1n) is 5.65. The first-order valence-corrected chi connectivity index (χ1v) is 9.24. The van der Waals surface area contributed by atoms with Crippen LogP contribution in [-0.4, -0.2) is 0 Å². The Hall–Kier alpha value is -0.750. The van der Waals surface area contributed by atoms with Gasteiger partial charge in [0.2, 0.25) is 0 Å². The van der Waals surface area contributed by atoms with Crippen LogP contribution >= 0.6 is 28.3 Å². The summed E-state index contributed by atoms with van der Waals surface area (Å²) < 4.78 is 12.1. The molecular formula is C14H13Cl2OP. The fourth-order valence-electron chi connectivity index (χ4n) is 1.91. The van der Waals surface area contributed by atoms with E-state index >= 15 is 0 Å². The topological polar surface area (TPSA) is 17.1 Å². The standard InChI is InChI=1S/C14H13Cl2OP/c15-18(16,17)14(13-9-5-2-6-10-13)11-12-7-3-1-4-8-12/h1-10,14H,11H2. The molecule has 2 aromatic rings. The second-order valence-electron chi connectivity index (χ2n) is 4.12. The molecule has 0 heterocycles. The maximum absolute atomic E-state index is 12.1. The van der Waals surface area contributed by atoms with Gasteiger partial charge < -0.3 is 0 Å². The van der Waals surface area contributed by atoms with Crippen LogP contribution in [-0.2, 0) is 11.0 Å². The van der Waals surface area contributed by atoms with Crippen LogP contribution < -0.4 is 0 Å². The molecule has 0 aliphatic carbocycles. The average molecular weight is 299 g/mol. The summed E-state index contributed by atoms with van der Waals surface area (Å²) in [5, 5.41) is 0. The highest BCUT2D eigenvalue weighted by Crippen LogP contribution is 2.68. The molecule has 1 unspecified atom stereocenters. The van der Waals surface area contributed by atoms with Crippen molar-refractivity contribution >= 4 is 28.3 Å². The summed E-state index contributed by atoms with van der Waals surface area (Å²) in [6.07, 6.45) is 0.579. The minimum Gasteiger partial charge on any atom is -0.289 e. The van der Waals surface area contributed by atoms with Crippen LogP contribution in [0.1, 0.15) is 16.8 Å². The van der Waals surface area contributed by atoms with Gasteiger partial charge in [0.1, 0.15) is 0 Å². The van der Waals surface area contributed by atoms with Crippen LogP contribution in [0.5, 0.6) is 0 Å². The van der Waals surface area contributed by atoms with E-state index in [1.54, 1.807) is 0 Å². The third-order valence-corrected chi connectivity index (χ3v) is 5.44. The Bertz CT molecular complexity index is 536. The minimum absolute atomic E-state index is 0.357. The van der Waals surface area contributed by atoms with E-state index in [0.29, 0.717) is 6.42 Å². The summed E-state index contributed by atoms with van der Waals surface area (Å²) in [4.78, 5) is 0. The van der Waals surface area contributed by atoms with Gasteiger partial charge in [-0.2, -0.15) is 0 Å². The van der Waals surface area contributed by atoms with E-state index in [1.807, 2.05) is 60.7 Å². The second kappa shape index (κ2) is 5.93. The molecule has 0 aliphatic rings. The van der Waals surface area contributed by atoms with Crippen molar-refractivity contribution < 1.29 is 4.57 Å². The first kappa shape index (κ1) is 13.7. The molecule has 0 saturated heterocycles. The highest BCUT2D eigenvalue weighted by atomic mass is 35.9. The van der Waals surface area contributed by atoms with E-state index in [4.69, 9.17) is 22.5 Å². The molecule has 0 amide bonds. The number of rotatable bonds is 4. The van der Waals surface area contributed by atoms with Gasteiger partial charge in [-0.15, -0.1) is 0 Å². The summed E-state index contributed by atoms with van der Waals surface area (Å²) in [6, 6.07) is 19.3. The Morgan fingerprint density at radius 3 is 1.89 bits per heavy atom. The van der Waals surface area contributed by atoms with E-state index in [-0.39, 0.29) is 5.66 Å². The Kier molecular flexibility index (Phi) is 4.50. The van der Waals surface area contributed by atoms with Crippen molar-refractivity contribution in [1.29, 1.82) is 0 Å². The zero-order chi connectivity index (χ0) is 13.0. The molecule has 0 aromatic heterocycles. The van der Waals surface area contributed by atoms with E-state index < -0.39 is 5.85 Å². The fourth-order valence-corrected chi connectivity index (χ4v) is 3.94. The number of benzene rings is 2. The quantitative estimate of drug-likeness (QED) is 0.667. The lowest BCUT2D eigenvalue weighted by Gasteiger charge is -2.18. The first-order chi connectivity index (χ1) is 8.57. The van der Waals surface area contributed by atoms with Gasteiger partial charge in [-0.05, 0) is 40.0 Å². The van der Waals surface area contributed by atoms with Crippen LogP contribution in [0, 0.1) is 0 Å². The van der Waals surface area contributed by atoms with Gasteiger partial charge in [0.05, 0.1) is 5.66 Å². The summed E-state index contributed by atoms with van der Waals surface area (Å²) in [5.41, 5.74) is 1.63. The number of hydrogen-bond donors (Lipinski definition) is 0. The highest BCUT2D eigenvalue weighted by molar-refractivity contribution is 8.08.